The molecule has 3 amide bonds. The number of urea groups is 1. The Labute approximate surface area is 157 Å². The van der Waals surface area contributed by atoms with Crippen molar-refractivity contribution in [2.24, 2.45) is 0 Å². The Bertz CT molecular complexity index is 694. The van der Waals surface area contributed by atoms with Gasteiger partial charge in [0, 0.05) is 37.3 Å². The number of carbonyl (C=O) groups excluding carboxylic acids is 2. The van der Waals surface area contributed by atoms with Crippen LogP contribution < -0.4 is 5.32 Å². The van der Waals surface area contributed by atoms with Gasteiger partial charge in [0.15, 0.2) is 0 Å². The number of nitrogens with zero attached hydrogens (tertiary/aromatic N) is 2. The highest BCUT2D eigenvalue weighted by atomic mass is 32.2. The molecule has 0 aliphatic carbocycles. The maximum atomic E-state index is 14.2. The number of nitrogens with one attached hydrogen (secondary N) is 1. The molecule has 26 heavy (non-hydrogen) atoms. The van der Waals surface area contributed by atoms with Gasteiger partial charge in [0.1, 0.15) is 17.0 Å². The van der Waals surface area contributed by atoms with E-state index in [0.29, 0.717) is 6.54 Å². The molecule has 1 fully saturated rings. The zero-order chi connectivity index (χ0) is 19.6. The highest BCUT2D eigenvalue weighted by Crippen LogP contribution is 2.43. The van der Waals surface area contributed by atoms with Crippen molar-refractivity contribution in [3.63, 3.8) is 0 Å². The van der Waals surface area contributed by atoms with Gasteiger partial charge in [-0.15, -0.1) is 11.8 Å². The van der Waals surface area contributed by atoms with Gasteiger partial charge < -0.3 is 15.1 Å². The highest BCUT2D eigenvalue weighted by molar-refractivity contribution is 8.01. The van der Waals surface area contributed by atoms with Crippen LogP contribution in [0, 0.1) is 11.6 Å². The lowest BCUT2D eigenvalue weighted by molar-refractivity contribution is -0.129. The summed E-state index contributed by atoms with van der Waals surface area (Å²) < 4.78 is 27.4. The fourth-order valence-electron chi connectivity index (χ4n) is 2.62. The van der Waals surface area contributed by atoms with Crippen molar-refractivity contribution in [1.82, 2.24) is 15.1 Å². The van der Waals surface area contributed by atoms with E-state index in [0.717, 1.165) is 6.07 Å². The van der Waals surface area contributed by atoms with E-state index in [4.69, 9.17) is 0 Å². The van der Waals surface area contributed by atoms with Crippen molar-refractivity contribution >= 4 is 23.7 Å². The van der Waals surface area contributed by atoms with Gasteiger partial charge in [-0.3, -0.25) is 4.79 Å². The Morgan fingerprint density at radius 3 is 2.58 bits per heavy atom. The first-order chi connectivity index (χ1) is 12.0. The second-order valence-corrected chi connectivity index (χ2v) is 8.86. The summed E-state index contributed by atoms with van der Waals surface area (Å²) in [4.78, 5) is 27.7. The van der Waals surface area contributed by atoms with Crippen molar-refractivity contribution in [3.05, 3.63) is 35.4 Å². The molecule has 0 radical (unpaired) electrons. The van der Waals surface area contributed by atoms with Crippen LogP contribution in [0.1, 0.15) is 38.6 Å². The van der Waals surface area contributed by atoms with Gasteiger partial charge in [-0.05, 0) is 33.8 Å². The van der Waals surface area contributed by atoms with E-state index in [-0.39, 0.29) is 34.8 Å². The monoisotopic (exact) mass is 385 g/mol. The van der Waals surface area contributed by atoms with Gasteiger partial charge in [0.2, 0.25) is 5.91 Å². The molecule has 5 nitrogen and oxygen atoms in total. The molecular weight excluding hydrogens is 360 g/mol. The Balaban J connectivity index is 2.10. The number of carbonyl (C=O) groups is 2. The summed E-state index contributed by atoms with van der Waals surface area (Å²) in [5.41, 5.74) is -0.0882. The van der Waals surface area contributed by atoms with Crippen LogP contribution >= 0.6 is 11.8 Å². The molecule has 1 heterocycles. The minimum Gasteiger partial charge on any atom is -0.333 e. The SMILES string of the molecule is C[C@@H]1S[C@H](c2ccc(F)cc2F)N(CCN(C)C(=O)NC(C)(C)C)C1=O. The standard InChI is InChI=1S/C18H25F2N3O2S/c1-11-15(24)23(9-8-22(5)17(25)21-18(2,3)4)16(26-11)13-7-6-12(19)10-14(13)20/h6-7,10-11,16H,8-9H2,1-5H3,(H,21,25)/t11-,16+/m0/s1. The topological polar surface area (TPSA) is 52.6 Å². The quantitative estimate of drug-likeness (QED) is 0.865. The van der Waals surface area contributed by atoms with Crippen LogP contribution in [0.25, 0.3) is 0 Å². The number of halogens is 2. The minimum absolute atomic E-state index is 0.117. The molecular formula is C18H25F2N3O2S. The molecule has 0 unspecified atom stereocenters. The maximum Gasteiger partial charge on any atom is 0.317 e. The van der Waals surface area contributed by atoms with E-state index in [1.807, 2.05) is 20.8 Å². The van der Waals surface area contributed by atoms with Gasteiger partial charge in [0.25, 0.3) is 0 Å². The van der Waals surface area contributed by atoms with Gasteiger partial charge in [0.05, 0.1) is 5.25 Å². The van der Waals surface area contributed by atoms with Gasteiger partial charge in [-0.1, -0.05) is 6.07 Å². The molecule has 1 aromatic carbocycles. The number of amides is 3. The summed E-state index contributed by atoms with van der Waals surface area (Å²) in [6, 6.07) is 3.14. The molecule has 1 aliphatic heterocycles. The zero-order valence-corrected chi connectivity index (χ0v) is 16.5. The Morgan fingerprint density at radius 1 is 1.35 bits per heavy atom. The third-order valence-corrected chi connectivity index (χ3v) is 5.36. The maximum absolute atomic E-state index is 14.2. The summed E-state index contributed by atoms with van der Waals surface area (Å²) in [6.45, 7) is 7.99. The van der Waals surface area contributed by atoms with E-state index < -0.39 is 17.0 Å². The number of thioether (sulfide) groups is 1. The van der Waals surface area contributed by atoms with Crippen LogP contribution in [0.4, 0.5) is 13.6 Å². The van der Waals surface area contributed by atoms with Crippen LogP contribution in [0.3, 0.4) is 0 Å². The Morgan fingerprint density at radius 2 is 2.00 bits per heavy atom. The predicted octanol–water partition coefficient (Wildman–Crippen LogP) is 3.37. The molecule has 2 atom stereocenters. The predicted molar refractivity (Wildman–Crippen MR) is 98.8 cm³/mol. The van der Waals surface area contributed by atoms with Crippen molar-refractivity contribution in [1.29, 1.82) is 0 Å². The summed E-state index contributed by atoms with van der Waals surface area (Å²) in [7, 11) is 1.64. The van der Waals surface area contributed by atoms with Crippen molar-refractivity contribution < 1.29 is 18.4 Å². The van der Waals surface area contributed by atoms with Crippen LogP contribution in [0.2, 0.25) is 0 Å². The molecule has 1 saturated heterocycles. The van der Waals surface area contributed by atoms with E-state index in [2.05, 4.69) is 5.32 Å². The summed E-state index contributed by atoms with van der Waals surface area (Å²) in [6.07, 6.45) is 0. The van der Waals surface area contributed by atoms with Gasteiger partial charge >= 0.3 is 6.03 Å². The lowest BCUT2D eigenvalue weighted by atomic mass is 10.1. The van der Waals surface area contributed by atoms with E-state index in [1.165, 1.54) is 28.8 Å². The number of hydrogen-bond donors (Lipinski definition) is 1. The molecule has 0 saturated carbocycles. The smallest absolute Gasteiger partial charge is 0.317 e. The Kier molecular flexibility index (Phi) is 6.16. The average molecular weight is 385 g/mol. The molecule has 1 aromatic rings. The fraction of sp³-hybridized carbons (Fsp3) is 0.556. The van der Waals surface area contributed by atoms with Crippen LogP contribution in [0.5, 0.6) is 0 Å². The summed E-state index contributed by atoms with van der Waals surface area (Å²) >= 11 is 1.32. The first-order valence-electron chi connectivity index (χ1n) is 8.44. The third-order valence-electron chi connectivity index (χ3n) is 3.98. The normalized spacial score (nSPS) is 20.4. The van der Waals surface area contributed by atoms with E-state index in [1.54, 1.807) is 18.9 Å². The molecule has 8 heteroatoms. The van der Waals surface area contributed by atoms with Crippen LogP contribution in [-0.4, -0.2) is 52.7 Å². The molecule has 1 N–H and O–H groups in total. The lowest BCUT2D eigenvalue weighted by Gasteiger charge is -2.29. The van der Waals surface area contributed by atoms with E-state index >= 15 is 0 Å². The number of likely N-dealkylation sites (N-methyl/N-ethyl adjacent to an activating group) is 1. The van der Waals surface area contributed by atoms with Gasteiger partial charge in [-0.25, -0.2) is 13.6 Å². The molecule has 0 aromatic heterocycles. The molecule has 144 valence electrons. The van der Waals surface area contributed by atoms with Crippen LogP contribution in [0.15, 0.2) is 18.2 Å². The second-order valence-electron chi connectivity index (χ2n) is 7.43. The largest absolute Gasteiger partial charge is 0.333 e. The molecule has 1 aliphatic rings. The van der Waals surface area contributed by atoms with Crippen molar-refractivity contribution in [2.75, 3.05) is 20.1 Å². The second kappa shape index (κ2) is 7.82. The summed E-state index contributed by atoms with van der Waals surface area (Å²) in [5.74, 6) is -1.44. The zero-order valence-electron chi connectivity index (χ0n) is 15.7. The van der Waals surface area contributed by atoms with Crippen molar-refractivity contribution in [2.45, 2.75) is 43.9 Å². The molecule has 0 bridgehead atoms. The summed E-state index contributed by atoms with van der Waals surface area (Å²) in [5, 5.41) is 2.00. The van der Waals surface area contributed by atoms with Crippen molar-refractivity contribution in [3.8, 4) is 0 Å². The number of benzene rings is 1. The fourth-order valence-corrected chi connectivity index (χ4v) is 3.95. The first-order valence-corrected chi connectivity index (χ1v) is 9.38. The molecule has 0 spiro atoms. The van der Waals surface area contributed by atoms with E-state index in [9.17, 15) is 18.4 Å². The number of hydrogen-bond acceptors (Lipinski definition) is 3. The number of rotatable bonds is 4. The third kappa shape index (κ3) is 4.87. The van der Waals surface area contributed by atoms with Gasteiger partial charge in [-0.2, -0.15) is 0 Å². The highest BCUT2D eigenvalue weighted by Gasteiger charge is 2.39. The Hall–Kier alpha value is -1.83. The van der Waals surface area contributed by atoms with Crippen LogP contribution in [-0.2, 0) is 4.79 Å². The molecule has 2 rings (SSSR count). The minimum atomic E-state index is -0.673. The average Bonchev–Trinajstić information content (AvgIpc) is 2.78. The lowest BCUT2D eigenvalue weighted by Crippen LogP contribution is -2.49. The first kappa shape index (κ1) is 20.5.